The highest BCUT2D eigenvalue weighted by Crippen LogP contribution is 2.32. The van der Waals surface area contributed by atoms with Gasteiger partial charge in [-0.15, -0.1) is 10.2 Å². The lowest BCUT2D eigenvalue weighted by atomic mass is 10.1. The number of benzene rings is 1. The quantitative estimate of drug-likeness (QED) is 0.448. The lowest BCUT2D eigenvalue weighted by Gasteiger charge is -2.36. The summed E-state index contributed by atoms with van der Waals surface area (Å²) in [5.41, 5.74) is 1.54. The molecule has 1 fully saturated rings. The zero-order valence-electron chi connectivity index (χ0n) is 23.3. The van der Waals surface area contributed by atoms with Gasteiger partial charge < -0.3 is 34.4 Å². The molecule has 11 heteroatoms. The molecule has 1 saturated heterocycles. The van der Waals surface area contributed by atoms with Crippen molar-refractivity contribution in [2.45, 2.75) is 20.8 Å². The molecule has 3 rings (SSSR count). The first-order valence-electron chi connectivity index (χ1n) is 13.3. The van der Waals surface area contributed by atoms with Gasteiger partial charge in [0.2, 0.25) is 5.91 Å². The van der Waals surface area contributed by atoms with Crippen LogP contribution in [0.5, 0.6) is 11.5 Å². The summed E-state index contributed by atoms with van der Waals surface area (Å²) in [5.74, 6) is 2.10. The van der Waals surface area contributed by atoms with E-state index < -0.39 is 0 Å². The number of nitrogens with zero attached hydrogens (tertiary/aromatic N) is 6. The molecule has 1 aliphatic rings. The highest BCUT2D eigenvalue weighted by atomic mass is 16.5. The number of hydrogen-bond donors (Lipinski definition) is 1. The Morgan fingerprint density at radius 1 is 0.947 bits per heavy atom. The summed E-state index contributed by atoms with van der Waals surface area (Å²) in [6.45, 7) is 12.2. The number of likely N-dealkylation sites (N-methyl/N-ethyl adjacent to an activating group) is 1. The molecule has 38 heavy (non-hydrogen) atoms. The minimum atomic E-state index is -0.199. The predicted octanol–water partition coefficient (Wildman–Crippen LogP) is 2.18. The summed E-state index contributed by atoms with van der Waals surface area (Å²) in [5, 5.41) is 11.7. The smallest absolute Gasteiger partial charge is 0.317 e. The highest BCUT2D eigenvalue weighted by molar-refractivity contribution is 5.84. The maximum Gasteiger partial charge on any atom is 0.317 e. The number of urea groups is 1. The number of hydrogen-bond acceptors (Lipinski definition) is 8. The van der Waals surface area contributed by atoms with Crippen molar-refractivity contribution < 1.29 is 19.1 Å². The largest absolute Gasteiger partial charge is 0.497 e. The first kappa shape index (κ1) is 29.0. The Balaban J connectivity index is 1.58. The van der Waals surface area contributed by atoms with E-state index in [1.54, 1.807) is 19.1 Å². The van der Waals surface area contributed by atoms with E-state index in [1.807, 2.05) is 42.2 Å². The molecule has 1 aromatic carbocycles. The molecule has 3 amide bonds. The lowest BCUT2D eigenvalue weighted by Crippen LogP contribution is -2.53. The molecule has 0 aliphatic carbocycles. The van der Waals surface area contributed by atoms with Crippen LogP contribution in [0.1, 0.15) is 20.8 Å². The van der Waals surface area contributed by atoms with E-state index in [4.69, 9.17) is 9.47 Å². The highest BCUT2D eigenvalue weighted by Gasteiger charge is 2.25. The fourth-order valence-corrected chi connectivity index (χ4v) is 4.41. The Labute approximate surface area is 225 Å². The van der Waals surface area contributed by atoms with Crippen molar-refractivity contribution in [3.63, 3.8) is 0 Å². The number of carbonyl (C=O) groups is 2. The van der Waals surface area contributed by atoms with Crippen LogP contribution < -0.4 is 19.7 Å². The van der Waals surface area contributed by atoms with E-state index in [0.717, 1.165) is 31.0 Å². The second kappa shape index (κ2) is 14.4. The van der Waals surface area contributed by atoms with Gasteiger partial charge in [-0.05, 0) is 44.3 Å². The van der Waals surface area contributed by atoms with Crippen LogP contribution >= 0.6 is 0 Å². The maximum absolute atomic E-state index is 13.1. The van der Waals surface area contributed by atoms with E-state index in [9.17, 15) is 9.59 Å². The van der Waals surface area contributed by atoms with Gasteiger partial charge in [0.15, 0.2) is 5.82 Å². The van der Waals surface area contributed by atoms with Crippen LogP contribution in [0.3, 0.4) is 0 Å². The zero-order chi connectivity index (χ0) is 27.5. The van der Waals surface area contributed by atoms with Crippen LogP contribution in [0.2, 0.25) is 0 Å². The fourth-order valence-electron chi connectivity index (χ4n) is 4.41. The van der Waals surface area contributed by atoms with Gasteiger partial charge in [0.05, 0.1) is 19.9 Å². The summed E-state index contributed by atoms with van der Waals surface area (Å²) in [7, 11) is 3.23. The summed E-state index contributed by atoms with van der Waals surface area (Å²) in [4.78, 5) is 33.5. The Morgan fingerprint density at radius 2 is 1.68 bits per heavy atom. The molecule has 11 nitrogen and oxygen atoms in total. The first-order valence-corrected chi connectivity index (χ1v) is 13.3. The molecule has 1 aromatic heterocycles. The number of piperazine rings is 1. The molecule has 0 unspecified atom stereocenters. The number of ether oxygens (including phenoxy) is 2. The summed E-state index contributed by atoms with van der Waals surface area (Å²) < 4.78 is 10.8. The molecule has 1 N–H and O–H groups in total. The molecule has 0 saturated carbocycles. The molecule has 0 bridgehead atoms. The lowest BCUT2D eigenvalue weighted by molar-refractivity contribution is -0.132. The van der Waals surface area contributed by atoms with Crippen LogP contribution in [-0.2, 0) is 4.79 Å². The Morgan fingerprint density at radius 3 is 2.26 bits per heavy atom. The average molecular weight is 528 g/mol. The van der Waals surface area contributed by atoms with Gasteiger partial charge in [0, 0.05) is 57.4 Å². The van der Waals surface area contributed by atoms with Gasteiger partial charge in [-0.25, -0.2) is 4.79 Å². The Hall–Kier alpha value is -3.60. The van der Waals surface area contributed by atoms with Crippen LogP contribution in [0.15, 0.2) is 30.3 Å². The van der Waals surface area contributed by atoms with Crippen LogP contribution in [-0.4, -0.2) is 117 Å². The number of nitrogens with one attached hydrogen (secondary N) is 1. The fraction of sp³-hybridized carbons (Fsp3) is 0.556. The number of aromatic nitrogens is 2. The Kier molecular flexibility index (Phi) is 11.0. The van der Waals surface area contributed by atoms with E-state index in [-0.39, 0.29) is 18.5 Å². The first-order chi connectivity index (χ1) is 18.4. The number of rotatable bonds is 12. The molecular weight excluding hydrogens is 486 g/mol. The van der Waals surface area contributed by atoms with Gasteiger partial charge in [-0.1, -0.05) is 13.8 Å². The van der Waals surface area contributed by atoms with Crippen LogP contribution in [0.25, 0.3) is 11.3 Å². The van der Waals surface area contributed by atoms with Crippen molar-refractivity contribution in [1.82, 2.24) is 30.2 Å². The molecule has 2 aromatic rings. The summed E-state index contributed by atoms with van der Waals surface area (Å²) >= 11 is 0. The van der Waals surface area contributed by atoms with Gasteiger partial charge in [0.25, 0.3) is 0 Å². The van der Waals surface area contributed by atoms with Crippen LogP contribution in [0.4, 0.5) is 10.6 Å². The third-order valence-corrected chi connectivity index (χ3v) is 6.81. The van der Waals surface area contributed by atoms with Crippen molar-refractivity contribution in [3.05, 3.63) is 30.3 Å². The molecule has 0 radical (unpaired) electrons. The van der Waals surface area contributed by atoms with Crippen molar-refractivity contribution in [2.24, 2.45) is 0 Å². The van der Waals surface area contributed by atoms with E-state index in [2.05, 4.69) is 39.2 Å². The minimum absolute atomic E-state index is 0.0384. The molecule has 208 valence electrons. The van der Waals surface area contributed by atoms with E-state index in [0.29, 0.717) is 56.5 Å². The molecule has 0 atom stereocenters. The van der Waals surface area contributed by atoms with Crippen molar-refractivity contribution >= 4 is 17.8 Å². The number of anilines is 1. The molecule has 1 aliphatic heterocycles. The monoisotopic (exact) mass is 527 g/mol. The van der Waals surface area contributed by atoms with E-state index in [1.165, 1.54) is 0 Å². The molecular formula is C27H41N7O4. The Bertz CT molecular complexity index is 1040. The van der Waals surface area contributed by atoms with Crippen LogP contribution in [0, 0.1) is 0 Å². The topological polar surface area (TPSA) is 103 Å². The SMILES string of the molecule is CCNC(=O)N(CCN(CC)CC)CC(=O)N1CCN(c2ccc(-c3ccc(OC)cc3OC)nn2)CC1. The van der Waals surface area contributed by atoms with E-state index >= 15 is 0 Å². The maximum atomic E-state index is 13.1. The zero-order valence-corrected chi connectivity index (χ0v) is 23.3. The van der Waals surface area contributed by atoms with Crippen molar-refractivity contribution in [3.8, 4) is 22.8 Å². The molecule has 0 spiro atoms. The van der Waals surface area contributed by atoms with Crippen molar-refractivity contribution in [2.75, 3.05) is 84.6 Å². The third-order valence-electron chi connectivity index (χ3n) is 6.81. The molecule has 2 heterocycles. The third kappa shape index (κ3) is 7.47. The average Bonchev–Trinajstić information content (AvgIpc) is 2.96. The number of carbonyl (C=O) groups excluding carboxylic acids is 2. The normalized spacial score (nSPS) is 13.4. The predicted molar refractivity (Wildman–Crippen MR) is 148 cm³/mol. The summed E-state index contributed by atoms with van der Waals surface area (Å²) in [6.07, 6.45) is 0. The minimum Gasteiger partial charge on any atom is -0.497 e. The van der Waals surface area contributed by atoms with Gasteiger partial charge in [-0.2, -0.15) is 0 Å². The van der Waals surface area contributed by atoms with Gasteiger partial charge >= 0.3 is 6.03 Å². The van der Waals surface area contributed by atoms with Crippen molar-refractivity contribution in [1.29, 1.82) is 0 Å². The standard InChI is InChI=1S/C27H41N7O4/c1-6-28-27(36)34(14-13-31(7-2)8-3)20-26(35)33-17-15-32(16-18-33)25-12-11-23(29-30-25)22-10-9-21(37-4)19-24(22)38-5/h9-12,19H,6-8,13-18,20H2,1-5H3,(H,28,36). The number of amides is 3. The summed E-state index contributed by atoms with van der Waals surface area (Å²) in [6, 6.07) is 9.24. The second-order valence-electron chi connectivity index (χ2n) is 8.99. The second-order valence-corrected chi connectivity index (χ2v) is 8.99. The van der Waals surface area contributed by atoms with Gasteiger partial charge in [-0.3, -0.25) is 4.79 Å². The van der Waals surface area contributed by atoms with Gasteiger partial charge in [0.1, 0.15) is 18.0 Å². The number of methoxy groups -OCH3 is 2.